The first-order valence-electron chi connectivity index (χ1n) is 6.99. The maximum absolute atomic E-state index is 11.8. The first-order chi connectivity index (χ1) is 10.7. The fourth-order valence-electron chi connectivity index (χ4n) is 2.31. The first-order valence-corrected chi connectivity index (χ1v) is 7.80. The van der Waals surface area contributed by atoms with Gasteiger partial charge >= 0.3 is 4.87 Å². The average molecular weight is 316 g/mol. The van der Waals surface area contributed by atoms with Gasteiger partial charge in [0.25, 0.3) is 0 Å². The SMILES string of the molecule is C=CCN(CC=C)Cc1sc(=O)[nH]c1-c1ccccc1OC. The minimum Gasteiger partial charge on any atom is -0.496 e. The zero-order chi connectivity index (χ0) is 15.9. The molecule has 22 heavy (non-hydrogen) atoms. The summed E-state index contributed by atoms with van der Waals surface area (Å²) in [6, 6.07) is 7.68. The second-order valence-electron chi connectivity index (χ2n) is 4.78. The number of rotatable bonds is 8. The van der Waals surface area contributed by atoms with Gasteiger partial charge in [0.15, 0.2) is 0 Å². The van der Waals surface area contributed by atoms with E-state index in [1.54, 1.807) is 7.11 Å². The van der Waals surface area contributed by atoms with E-state index >= 15 is 0 Å². The Hall–Kier alpha value is -2.11. The molecule has 0 radical (unpaired) electrons. The molecule has 0 saturated heterocycles. The third kappa shape index (κ3) is 3.75. The largest absolute Gasteiger partial charge is 0.496 e. The highest BCUT2D eigenvalue weighted by molar-refractivity contribution is 7.09. The van der Waals surface area contributed by atoms with E-state index in [1.807, 2.05) is 36.4 Å². The fourth-order valence-corrected chi connectivity index (χ4v) is 3.20. The normalized spacial score (nSPS) is 10.6. The van der Waals surface area contributed by atoms with Crippen molar-refractivity contribution in [3.05, 3.63) is 64.1 Å². The van der Waals surface area contributed by atoms with Crippen LogP contribution in [0.25, 0.3) is 11.3 Å². The Morgan fingerprint density at radius 3 is 2.59 bits per heavy atom. The molecule has 1 aromatic heterocycles. The number of nitrogens with one attached hydrogen (secondary N) is 1. The van der Waals surface area contributed by atoms with Crippen LogP contribution in [0.4, 0.5) is 0 Å². The Balaban J connectivity index is 2.39. The van der Waals surface area contributed by atoms with Gasteiger partial charge in [-0.25, -0.2) is 0 Å². The summed E-state index contributed by atoms with van der Waals surface area (Å²) in [6.45, 7) is 9.69. The fraction of sp³-hybridized carbons (Fsp3) is 0.235. The lowest BCUT2D eigenvalue weighted by Crippen LogP contribution is -2.23. The quantitative estimate of drug-likeness (QED) is 0.760. The molecule has 0 fully saturated rings. The third-order valence-electron chi connectivity index (χ3n) is 3.24. The minimum atomic E-state index is -0.0620. The van der Waals surface area contributed by atoms with Gasteiger partial charge in [-0.1, -0.05) is 35.6 Å². The predicted molar refractivity (Wildman–Crippen MR) is 92.6 cm³/mol. The molecule has 0 unspecified atom stereocenters. The Labute approximate surface area is 134 Å². The van der Waals surface area contributed by atoms with Crippen molar-refractivity contribution in [2.45, 2.75) is 6.54 Å². The number of H-pyrrole nitrogens is 1. The molecule has 0 aliphatic carbocycles. The van der Waals surface area contributed by atoms with Gasteiger partial charge in [-0.2, -0.15) is 0 Å². The van der Waals surface area contributed by atoms with Crippen LogP contribution < -0.4 is 9.61 Å². The maximum atomic E-state index is 11.8. The van der Waals surface area contributed by atoms with Crippen LogP contribution in [0.1, 0.15) is 4.88 Å². The van der Waals surface area contributed by atoms with Crippen LogP contribution in [-0.4, -0.2) is 30.1 Å². The number of ether oxygens (including phenoxy) is 1. The molecular formula is C17H20N2O2S. The monoisotopic (exact) mass is 316 g/mol. The number of thiazole rings is 1. The molecule has 0 atom stereocenters. The van der Waals surface area contributed by atoms with Crippen LogP contribution >= 0.6 is 11.3 Å². The molecule has 1 N–H and O–H groups in total. The van der Waals surface area contributed by atoms with Gasteiger partial charge in [0.2, 0.25) is 0 Å². The van der Waals surface area contributed by atoms with Crippen LogP contribution in [0.2, 0.25) is 0 Å². The summed E-state index contributed by atoms with van der Waals surface area (Å²) in [7, 11) is 1.63. The van der Waals surface area contributed by atoms with E-state index < -0.39 is 0 Å². The number of para-hydroxylation sites is 1. The van der Waals surface area contributed by atoms with E-state index in [2.05, 4.69) is 23.0 Å². The van der Waals surface area contributed by atoms with Crippen molar-refractivity contribution in [2.24, 2.45) is 0 Å². The van der Waals surface area contributed by atoms with Crippen molar-refractivity contribution in [1.82, 2.24) is 9.88 Å². The number of benzene rings is 1. The molecule has 0 aliphatic heterocycles. The Morgan fingerprint density at radius 1 is 1.27 bits per heavy atom. The maximum Gasteiger partial charge on any atom is 0.305 e. The lowest BCUT2D eigenvalue weighted by atomic mass is 10.1. The van der Waals surface area contributed by atoms with Crippen molar-refractivity contribution in [2.75, 3.05) is 20.2 Å². The highest BCUT2D eigenvalue weighted by atomic mass is 32.1. The Morgan fingerprint density at radius 2 is 1.95 bits per heavy atom. The molecule has 1 aromatic carbocycles. The smallest absolute Gasteiger partial charge is 0.305 e. The Kier molecular flexibility index (Phi) is 5.75. The lowest BCUT2D eigenvalue weighted by Gasteiger charge is -2.18. The van der Waals surface area contributed by atoms with Crippen LogP contribution in [0, 0.1) is 0 Å². The highest BCUT2D eigenvalue weighted by Crippen LogP contribution is 2.32. The van der Waals surface area contributed by atoms with E-state index in [1.165, 1.54) is 11.3 Å². The van der Waals surface area contributed by atoms with Gasteiger partial charge < -0.3 is 9.72 Å². The van der Waals surface area contributed by atoms with E-state index in [0.717, 1.165) is 35.0 Å². The zero-order valence-electron chi connectivity index (χ0n) is 12.7. The first kappa shape index (κ1) is 16.3. The van der Waals surface area contributed by atoms with Crippen molar-refractivity contribution in [1.29, 1.82) is 0 Å². The molecule has 0 amide bonds. The van der Waals surface area contributed by atoms with Crippen LogP contribution in [0.15, 0.2) is 54.4 Å². The summed E-state index contributed by atoms with van der Waals surface area (Å²) in [4.78, 5) is 17.9. The molecule has 0 spiro atoms. The van der Waals surface area contributed by atoms with Crippen LogP contribution in [-0.2, 0) is 6.54 Å². The second kappa shape index (κ2) is 7.77. The number of aromatic amines is 1. The molecule has 2 rings (SSSR count). The van der Waals surface area contributed by atoms with Gasteiger partial charge in [-0.05, 0) is 12.1 Å². The number of hydrogen-bond donors (Lipinski definition) is 1. The molecule has 116 valence electrons. The number of aromatic nitrogens is 1. The summed E-state index contributed by atoms with van der Waals surface area (Å²) in [5.74, 6) is 0.747. The molecule has 4 nitrogen and oxygen atoms in total. The molecule has 1 heterocycles. The van der Waals surface area contributed by atoms with Gasteiger partial charge in [0.1, 0.15) is 5.75 Å². The second-order valence-corrected chi connectivity index (χ2v) is 5.85. The van der Waals surface area contributed by atoms with Crippen LogP contribution in [0.5, 0.6) is 5.75 Å². The van der Waals surface area contributed by atoms with E-state index in [-0.39, 0.29) is 4.87 Å². The lowest BCUT2D eigenvalue weighted by molar-refractivity contribution is 0.331. The summed E-state index contributed by atoms with van der Waals surface area (Å²) in [5, 5.41) is 0. The van der Waals surface area contributed by atoms with E-state index in [9.17, 15) is 4.79 Å². The highest BCUT2D eigenvalue weighted by Gasteiger charge is 2.16. The molecular weight excluding hydrogens is 296 g/mol. The van der Waals surface area contributed by atoms with Crippen molar-refractivity contribution in [3.8, 4) is 17.0 Å². The van der Waals surface area contributed by atoms with Crippen molar-refractivity contribution >= 4 is 11.3 Å². The van der Waals surface area contributed by atoms with E-state index in [4.69, 9.17) is 4.74 Å². The topological polar surface area (TPSA) is 45.3 Å². The van der Waals surface area contributed by atoms with E-state index in [0.29, 0.717) is 6.54 Å². The van der Waals surface area contributed by atoms with Gasteiger partial charge in [0.05, 0.1) is 12.8 Å². The Bertz CT molecular complexity index is 693. The number of hydrogen-bond acceptors (Lipinski definition) is 4. The van der Waals surface area contributed by atoms with Crippen LogP contribution in [0.3, 0.4) is 0 Å². The summed E-state index contributed by atoms with van der Waals surface area (Å²) in [6.07, 6.45) is 3.70. The third-order valence-corrected chi connectivity index (χ3v) is 4.11. The standard InChI is InChI=1S/C17H20N2O2S/c1-4-10-19(11-5-2)12-15-16(18-17(20)22-15)13-8-6-7-9-14(13)21-3/h4-9H,1-2,10-12H2,3H3,(H,18,20). The molecule has 0 saturated carbocycles. The van der Waals surface area contributed by atoms with Gasteiger partial charge in [-0.3, -0.25) is 9.69 Å². The van der Waals surface area contributed by atoms with Crippen molar-refractivity contribution in [3.63, 3.8) is 0 Å². The molecule has 5 heteroatoms. The average Bonchev–Trinajstić information content (AvgIpc) is 2.88. The van der Waals surface area contributed by atoms with Gasteiger partial charge in [-0.15, -0.1) is 13.2 Å². The summed E-state index contributed by atoms with van der Waals surface area (Å²) >= 11 is 1.23. The number of methoxy groups -OCH3 is 1. The summed E-state index contributed by atoms with van der Waals surface area (Å²) < 4.78 is 5.40. The minimum absolute atomic E-state index is 0.0620. The molecule has 2 aromatic rings. The summed E-state index contributed by atoms with van der Waals surface area (Å²) in [5.41, 5.74) is 1.72. The predicted octanol–water partition coefficient (Wildman–Crippen LogP) is 3.29. The molecule has 0 bridgehead atoms. The van der Waals surface area contributed by atoms with Gasteiger partial charge in [0, 0.05) is 30.1 Å². The van der Waals surface area contributed by atoms with Crippen molar-refractivity contribution < 1.29 is 4.74 Å². The molecule has 0 aliphatic rings. The zero-order valence-corrected chi connectivity index (χ0v) is 13.5. The number of nitrogens with zero attached hydrogens (tertiary/aromatic N) is 1.